The van der Waals surface area contributed by atoms with E-state index in [1.807, 2.05) is 4.98 Å². The van der Waals surface area contributed by atoms with Crippen LogP contribution in [0.5, 0.6) is 5.75 Å². The number of nitrogens with zero attached hydrogens (tertiary/aromatic N) is 3. The van der Waals surface area contributed by atoms with E-state index in [9.17, 15) is 14.7 Å². The van der Waals surface area contributed by atoms with Gasteiger partial charge in [0.05, 0.1) is 15.7 Å². The summed E-state index contributed by atoms with van der Waals surface area (Å²) in [5, 5.41) is 17.5. The molecule has 28 heavy (non-hydrogen) atoms. The first-order valence-electron chi connectivity index (χ1n) is 7.72. The second kappa shape index (κ2) is 7.50. The summed E-state index contributed by atoms with van der Waals surface area (Å²) in [4.78, 5) is 25.3. The molecule has 0 aliphatic carbocycles. The molecule has 0 amide bonds. The molecule has 1 unspecified atom stereocenters. The molecule has 1 aromatic heterocycles. The van der Waals surface area contributed by atoms with Crippen LogP contribution in [-0.2, 0) is 0 Å². The van der Waals surface area contributed by atoms with Crippen LogP contribution in [0.3, 0.4) is 0 Å². The Morgan fingerprint density at radius 1 is 1.36 bits per heavy atom. The van der Waals surface area contributed by atoms with Gasteiger partial charge >= 0.3 is 5.69 Å². The van der Waals surface area contributed by atoms with Crippen molar-refractivity contribution in [2.24, 2.45) is 5.10 Å². The second-order valence-electron chi connectivity index (χ2n) is 5.76. The fourth-order valence-corrected chi connectivity index (χ4v) is 2.86. The van der Waals surface area contributed by atoms with E-state index in [0.29, 0.717) is 11.1 Å². The Labute approximate surface area is 167 Å². The maximum atomic E-state index is 12.0. The molecule has 12 heteroatoms. The summed E-state index contributed by atoms with van der Waals surface area (Å²) < 4.78 is 6.45. The lowest BCUT2D eigenvalue weighted by molar-refractivity contribution is 0.173. The summed E-state index contributed by atoms with van der Waals surface area (Å²) in [6, 6.07) is 2.70. The summed E-state index contributed by atoms with van der Waals surface area (Å²) in [5.74, 6) is -0.249. The zero-order valence-corrected chi connectivity index (χ0v) is 15.9. The van der Waals surface area contributed by atoms with E-state index < -0.39 is 23.3 Å². The van der Waals surface area contributed by atoms with Gasteiger partial charge < -0.3 is 15.6 Å². The number of ether oxygens (including phenoxy) is 1. The maximum Gasteiger partial charge on any atom is 0.349 e. The van der Waals surface area contributed by atoms with Crippen LogP contribution in [0.25, 0.3) is 5.69 Å². The molecule has 0 saturated carbocycles. The number of halogens is 2. The summed E-state index contributed by atoms with van der Waals surface area (Å²) in [6.07, 6.45) is 0.473. The largest absolute Gasteiger partial charge is 0.434 e. The summed E-state index contributed by atoms with van der Waals surface area (Å²) in [5.41, 5.74) is 7.56. The van der Waals surface area contributed by atoms with Crippen LogP contribution in [0.4, 0.5) is 5.82 Å². The number of hydrazone groups is 1. The summed E-state index contributed by atoms with van der Waals surface area (Å²) in [6.45, 7) is 5.48. The third-order valence-corrected chi connectivity index (χ3v) is 4.21. The van der Waals surface area contributed by atoms with Gasteiger partial charge in [0.25, 0.3) is 5.56 Å². The number of anilines is 1. The van der Waals surface area contributed by atoms with E-state index in [1.165, 1.54) is 18.2 Å². The van der Waals surface area contributed by atoms with Gasteiger partial charge in [0.15, 0.2) is 12.0 Å². The van der Waals surface area contributed by atoms with Crippen LogP contribution in [-0.4, -0.2) is 32.0 Å². The van der Waals surface area contributed by atoms with E-state index in [0.717, 1.165) is 4.68 Å². The van der Waals surface area contributed by atoms with Crippen LogP contribution in [0, 0.1) is 0 Å². The van der Waals surface area contributed by atoms with Gasteiger partial charge in [-0.25, -0.2) is 4.79 Å². The lowest BCUT2D eigenvalue weighted by Crippen LogP contribution is -2.33. The van der Waals surface area contributed by atoms with E-state index >= 15 is 0 Å². The van der Waals surface area contributed by atoms with Crippen LogP contribution in [0.2, 0.25) is 10.0 Å². The van der Waals surface area contributed by atoms with Crippen LogP contribution >= 0.6 is 23.2 Å². The number of aromatic nitrogens is 3. The number of nitrogens with two attached hydrogens (primary N) is 1. The number of rotatable bonds is 3. The second-order valence-corrected chi connectivity index (χ2v) is 6.57. The fraction of sp³-hybridized carbons (Fsp3) is 0.125. The summed E-state index contributed by atoms with van der Waals surface area (Å²) in [7, 11) is 0. The van der Waals surface area contributed by atoms with Crippen molar-refractivity contribution in [1.82, 2.24) is 20.2 Å². The number of aliphatic hydroxyl groups is 1. The lowest BCUT2D eigenvalue weighted by atomic mass is 10.1. The highest BCUT2D eigenvalue weighted by atomic mass is 35.5. The fourth-order valence-electron chi connectivity index (χ4n) is 2.31. The molecule has 0 saturated heterocycles. The van der Waals surface area contributed by atoms with E-state index in [1.54, 1.807) is 6.92 Å². The first-order chi connectivity index (χ1) is 13.2. The van der Waals surface area contributed by atoms with Gasteiger partial charge in [0.2, 0.25) is 11.7 Å². The number of hydrogen-bond acceptors (Lipinski definition) is 8. The van der Waals surface area contributed by atoms with Crippen molar-refractivity contribution in [2.75, 3.05) is 5.73 Å². The molecule has 2 heterocycles. The SMILES string of the molecule is C=C(C)C1=CC(Oc2c(Cl)cc(-n3nc(N)c(=O)[nH]c3=O)cc2Cl)=NNC1O. The molecule has 0 radical (unpaired) electrons. The molecule has 1 aromatic carbocycles. The van der Waals surface area contributed by atoms with Gasteiger partial charge in [-0.15, -0.1) is 10.2 Å². The Bertz CT molecular complexity index is 1130. The number of aliphatic hydroxyl groups excluding tert-OH is 1. The molecular weight excluding hydrogens is 411 g/mol. The maximum absolute atomic E-state index is 12.0. The van der Waals surface area contributed by atoms with Crippen molar-refractivity contribution in [3.05, 3.63) is 66.8 Å². The van der Waals surface area contributed by atoms with Gasteiger partial charge in [-0.3, -0.25) is 15.2 Å². The molecule has 0 spiro atoms. The minimum Gasteiger partial charge on any atom is -0.434 e. The minimum atomic E-state index is -1.01. The zero-order valence-electron chi connectivity index (χ0n) is 14.4. The van der Waals surface area contributed by atoms with Crippen molar-refractivity contribution in [2.45, 2.75) is 13.2 Å². The minimum absolute atomic E-state index is 0.0417. The third-order valence-electron chi connectivity index (χ3n) is 3.65. The van der Waals surface area contributed by atoms with Gasteiger partial charge in [-0.2, -0.15) is 4.68 Å². The zero-order chi connectivity index (χ0) is 20.6. The van der Waals surface area contributed by atoms with Crippen LogP contribution in [0.1, 0.15) is 6.92 Å². The third kappa shape index (κ3) is 3.79. The first kappa shape index (κ1) is 19.7. The number of nitrogens with one attached hydrogen (secondary N) is 2. The van der Waals surface area contributed by atoms with Crippen molar-refractivity contribution in [3.8, 4) is 11.4 Å². The number of benzene rings is 1. The predicted molar refractivity (Wildman–Crippen MR) is 105 cm³/mol. The van der Waals surface area contributed by atoms with E-state index in [4.69, 9.17) is 33.7 Å². The van der Waals surface area contributed by atoms with E-state index in [2.05, 4.69) is 22.2 Å². The molecule has 2 aromatic rings. The highest BCUT2D eigenvalue weighted by Gasteiger charge is 2.20. The van der Waals surface area contributed by atoms with Gasteiger partial charge in [-0.05, 0) is 19.1 Å². The van der Waals surface area contributed by atoms with Crippen molar-refractivity contribution < 1.29 is 9.84 Å². The van der Waals surface area contributed by atoms with Gasteiger partial charge in [-0.1, -0.05) is 35.4 Å². The Hall–Kier alpha value is -3.08. The number of H-pyrrole nitrogens is 1. The smallest absolute Gasteiger partial charge is 0.349 e. The van der Waals surface area contributed by atoms with Crippen molar-refractivity contribution in [3.63, 3.8) is 0 Å². The monoisotopic (exact) mass is 424 g/mol. The molecule has 0 fully saturated rings. The van der Waals surface area contributed by atoms with Crippen LogP contribution < -0.4 is 27.1 Å². The normalized spacial score (nSPS) is 16.1. The Kier molecular flexibility index (Phi) is 5.27. The molecular formula is C16H14Cl2N6O4. The quantitative estimate of drug-likeness (QED) is 0.572. The van der Waals surface area contributed by atoms with Crippen molar-refractivity contribution >= 4 is 34.9 Å². The van der Waals surface area contributed by atoms with E-state index in [-0.39, 0.29) is 27.4 Å². The Morgan fingerprint density at radius 3 is 2.61 bits per heavy atom. The highest BCUT2D eigenvalue weighted by molar-refractivity contribution is 6.37. The number of nitrogen functional groups attached to an aromatic ring is 1. The highest BCUT2D eigenvalue weighted by Crippen LogP contribution is 2.35. The topological polar surface area (TPSA) is 148 Å². The molecule has 1 aliphatic rings. The predicted octanol–water partition coefficient (Wildman–Crippen LogP) is 0.926. The molecule has 1 aliphatic heterocycles. The molecule has 3 rings (SSSR count). The average Bonchev–Trinajstić information content (AvgIpc) is 2.62. The molecule has 0 bridgehead atoms. The van der Waals surface area contributed by atoms with Crippen LogP contribution in [0.15, 0.2) is 50.6 Å². The molecule has 10 nitrogen and oxygen atoms in total. The number of aromatic amines is 1. The first-order valence-corrected chi connectivity index (χ1v) is 8.48. The summed E-state index contributed by atoms with van der Waals surface area (Å²) >= 11 is 12.5. The molecule has 1 atom stereocenters. The lowest BCUT2D eigenvalue weighted by Gasteiger charge is -2.21. The Balaban J connectivity index is 1.98. The van der Waals surface area contributed by atoms with Crippen molar-refractivity contribution in [1.29, 1.82) is 0 Å². The van der Waals surface area contributed by atoms with Gasteiger partial charge in [0, 0.05) is 11.6 Å². The van der Waals surface area contributed by atoms with Gasteiger partial charge in [0.1, 0.15) is 0 Å². The molecule has 146 valence electrons. The average molecular weight is 425 g/mol. The standard InChI is InChI=1S/C16H14Cl2N6O4/c1-6(2)8-5-11(21-22-14(8)25)28-12-9(17)3-7(4-10(12)18)24-16(27)20-15(26)13(19)23-24/h3-5,14,22,25H,1H2,2H3,(H2,19,23)(H,20,26,27). The number of hydrogen-bond donors (Lipinski definition) is 4. The Morgan fingerprint density at radius 2 is 2.00 bits per heavy atom. The molecule has 5 N–H and O–H groups in total.